The number of hydrogen-bond donors (Lipinski definition) is 0. The molecule has 0 aliphatic carbocycles. The molecule has 0 amide bonds. The van der Waals surface area contributed by atoms with Gasteiger partial charge in [-0.25, -0.2) is 0 Å². The topological polar surface area (TPSA) is 38.8 Å². The lowest BCUT2D eigenvalue weighted by Crippen LogP contribution is -2.37. The second-order valence-electron chi connectivity index (χ2n) is 4.78. The van der Waals surface area contributed by atoms with Gasteiger partial charge in [-0.1, -0.05) is 18.2 Å². The number of carbonyl (C=O) groups is 1. The summed E-state index contributed by atoms with van der Waals surface area (Å²) in [5.74, 6) is 0.951. The molecule has 1 heterocycles. The third kappa shape index (κ3) is 6.29. The highest BCUT2D eigenvalue weighted by Crippen LogP contribution is 2.13. The largest absolute Gasteiger partial charge is 0.497 e. The number of nitrogens with zero attached hydrogens (tertiary/aromatic N) is 1. The Morgan fingerprint density at radius 2 is 2.14 bits per heavy atom. The summed E-state index contributed by atoms with van der Waals surface area (Å²) in [6, 6.07) is 7.66. The number of hydrogen-bond acceptors (Lipinski definition) is 4. The van der Waals surface area contributed by atoms with Gasteiger partial charge in [-0.05, 0) is 23.8 Å². The first-order chi connectivity index (χ1) is 9.78. The zero-order valence-electron chi connectivity index (χ0n) is 12.3. The molecule has 4 nitrogen and oxygen atoms in total. The van der Waals surface area contributed by atoms with Crippen LogP contribution in [0.15, 0.2) is 30.3 Å². The molecule has 0 saturated carbocycles. The van der Waals surface area contributed by atoms with Crippen LogP contribution in [0.25, 0.3) is 6.08 Å². The molecule has 0 spiro atoms. The highest BCUT2D eigenvalue weighted by molar-refractivity contribution is 5.93. The van der Waals surface area contributed by atoms with Crippen molar-refractivity contribution in [3.05, 3.63) is 35.9 Å². The van der Waals surface area contributed by atoms with E-state index in [1.807, 2.05) is 30.3 Å². The lowest BCUT2D eigenvalue weighted by molar-refractivity contribution is -0.115. The summed E-state index contributed by atoms with van der Waals surface area (Å²) >= 11 is 0. The van der Waals surface area contributed by atoms with Crippen molar-refractivity contribution in [2.24, 2.45) is 0 Å². The van der Waals surface area contributed by atoms with Gasteiger partial charge in [0.1, 0.15) is 5.75 Å². The molecule has 2 rings (SSSR count). The van der Waals surface area contributed by atoms with Crippen LogP contribution in [0.3, 0.4) is 0 Å². The highest BCUT2D eigenvalue weighted by Gasteiger charge is 2.10. The minimum absolute atomic E-state index is 0. The lowest BCUT2D eigenvalue weighted by Gasteiger charge is -2.25. The summed E-state index contributed by atoms with van der Waals surface area (Å²) in [6.45, 7) is 4.20. The molecule has 1 aromatic rings. The Hall–Kier alpha value is -1.36. The Kier molecular flexibility index (Phi) is 8.05. The molecule has 1 aliphatic rings. The monoisotopic (exact) mass is 311 g/mol. The lowest BCUT2D eigenvalue weighted by atomic mass is 10.1. The minimum atomic E-state index is 0. The van der Waals surface area contributed by atoms with Gasteiger partial charge in [0.15, 0.2) is 5.78 Å². The number of ether oxygens (including phenoxy) is 2. The van der Waals surface area contributed by atoms with Gasteiger partial charge in [0.2, 0.25) is 0 Å². The molecule has 0 unspecified atom stereocenters. The van der Waals surface area contributed by atoms with Gasteiger partial charge in [0, 0.05) is 26.1 Å². The number of halogens is 1. The average Bonchev–Trinajstić information content (AvgIpc) is 2.52. The van der Waals surface area contributed by atoms with E-state index in [0.29, 0.717) is 6.42 Å². The van der Waals surface area contributed by atoms with Crippen LogP contribution >= 0.6 is 12.4 Å². The third-order valence-electron chi connectivity index (χ3n) is 3.33. The number of ketones is 1. The Labute approximate surface area is 132 Å². The first-order valence-corrected chi connectivity index (χ1v) is 6.93. The van der Waals surface area contributed by atoms with Crippen LogP contribution in [-0.4, -0.2) is 50.6 Å². The molecule has 0 atom stereocenters. The van der Waals surface area contributed by atoms with Crippen molar-refractivity contribution >= 4 is 24.3 Å². The molecule has 1 aliphatic heterocycles. The second-order valence-corrected chi connectivity index (χ2v) is 4.78. The minimum Gasteiger partial charge on any atom is -0.497 e. The van der Waals surface area contributed by atoms with E-state index in [0.717, 1.165) is 44.2 Å². The average molecular weight is 312 g/mol. The zero-order chi connectivity index (χ0) is 14.2. The fourth-order valence-electron chi connectivity index (χ4n) is 2.11. The Bertz CT molecular complexity index is 470. The molecule has 116 valence electrons. The van der Waals surface area contributed by atoms with Gasteiger partial charge in [-0.15, -0.1) is 12.4 Å². The van der Waals surface area contributed by atoms with Crippen molar-refractivity contribution in [1.29, 1.82) is 0 Å². The van der Waals surface area contributed by atoms with Gasteiger partial charge in [0.05, 0.1) is 20.3 Å². The standard InChI is InChI=1S/C16H21NO3.ClH/c1-19-16-4-2-3-14(13-16)5-6-15(18)7-8-17-9-11-20-12-10-17;/h2-6,13H,7-12H2,1H3;1H/b6-5+;. The molecule has 1 aromatic carbocycles. The van der Waals surface area contributed by atoms with E-state index in [-0.39, 0.29) is 18.2 Å². The van der Waals surface area contributed by atoms with Crippen molar-refractivity contribution in [1.82, 2.24) is 4.90 Å². The maximum atomic E-state index is 11.8. The van der Waals surface area contributed by atoms with Gasteiger partial charge >= 0.3 is 0 Å². The summed E-state index contributed by atoms with van der Waals surface area (Å²) in [7, 11) is 1.64. The number of carbonyl (C=O) groups excluding carboxylic acids is 1. The first-order valence-electron chi connectivity index (χ1n) is 6.93. The molecule has 1 fully saturated rings. The molecular formula is C16H22ClNO3. The SMILES string of the molecule is COc1cccc(/C=C/C(=O)CCN2CCOCC2)c1.Cl. The van der Waals surface area contributed by atoms with Crippen molar-refractivity contribution < 1.29 is 14.3 Å². The maximum absolute atomic E-state index is 11.8. The van der Waals surface area contributed by atoms with Crippen molar-refractivity contribution in [3.8, 4) is 5.75 Å². The fourth-order valence-corrected chi connectivity index (χ4v) is 2.11. The number of methoxy groups -OCH3 is 1. The van der Waals surface area contributed by atoms with Crippen molar-refractivity contribution in [2.75, 3.05) is 40.0 Å². The van der Waals surface area contributed by atoms with E-state index in [9.17, 15) is 4.79 Å². The molecular weight excluding hydrogens is 290 g/mol. The van der Waals surface area contributed by atoms with Crippen LogP contribution < -0.4 is 4.74 Å². The van der Waals surface area contributed by atoms with E-state index in [1.54, 1.807) is 13.2 Å². The highest BCUT2D eigenvalue weighted by atomic mass is 35.5. The number of rotatable bonds is 6. The van der Waals surface area contributed by atoms with E-state index in [1.165, 1.54) is 0 Å². The van der Waals surface area contributed by atoms with Crippen LogP contribution in [0.4, 0.5) is 0 Å². The molecule has 5 heteroatoms. The summed E-state index contributed by atoms with van der Waals surface area (Å²) in [4.78, 5) is 14.1. The number of benzene rings is 1. The fraction of sp³-hybridized carbons (Fsp3) is 0.438. The van der Waals surface area contributed by atoms with Crippen LogP contribution in [-0.2, 0) is 9.53 Å². The Morgan fingerprint density at radius 1 is 1.38 bits per heavy atom. The van der Waals surface area contributed by atoms with Crippen molar-refractivity contribution in [2.45, 2.75) is 6.42 Å². The second kappa shape index (κ2) is 9.55. The number of allylic oxidation sites excluding steroid dienone is 1. The number of morpholine rings is 1. The predicted octanol–water partition coefficient (Wildman–Crippen LogP) is 2.42. The van der Waals surface area contributed by atoms with E-state index in [2.05, 4.69) is 4.90 Å². The maximum Gasteiger partial charge on any atom is 0.156 e. The summed E-state index contributed by atoms with van der Waals surface area (Å²) in [6.07, 6.45) is 4.04. The van der Waals surface area contributed by atoms with Gasteiger partial charge in [-0.3, -0.25) is 9.69 Å². The normalized spacial score (nSPS) is 15.7. The summed E-state index contributed by atoms with van der Waals surface area (Å²) in [5, 5.41) is 0. The van der Waals surface area contributed by atoms with E-state index < -0.39 is 0 Å². The molecule has 0 aromatic heterocycles. The van der Waals surface area contributed by atoms with E-state index >= 15 is 0 Å². The third-order valence-corrected chi connectivity index (χ3v) is 3.33. The smallest absolute Gasteiger partial charge is 0.156 e. The van der Waals surface area contributed by atoms with Crippen LogP contribution in [0, 0.1) is 0 Å². The van der Waals surface area contributed by atoms with Gasteiger partial charge in [0.25, 0.3) is 0 Å². The molecule has 0 radical (unpaired) electrons. The zero-order valence-corrected chi connectivity index (χ0v) is 13.1. The van der Waals surface area contributed by atoms with Crippen molar-refractivity contribution in [3.63, 3.8) is 0 Å². The Morgan fingerprint density at radius 3 is 2.86 bits per heavy atom. The predicted molar refractivity (Wildman–Crippen MR) is 86.2 cm³/mol. The van der Waals surface area contributed by atoms with Crippen LogP contribution in [0.5, 0.6) is 5.75 Å². The molecule has 21 heavy (non-hydrogen) atoms. The van der Waals surface area contributed by atoms with Crippen LogP contribution in [0.1, 0.15) is 12.0 Å². The quantitative estimate of drug-likeness (QED) is 0.756. The molecule has 0 N–H and O–H groups in total. The Balaban J connectivity index is 0.00000220. The first kappa shape index (κ1) is 17.7. The molecule has 1 saturated heterocycles. The van der Waals surface area contributed by atoms with Gasteiger partial charge in [-0.2, -0.15) is 0 Å². The summed E-state index contributed by atoms with van der Waals surface area (Å²) < 4.78 is 10.4. The van der Waals surface area contributed by atoms with E-state index in [4.69, 9.17) is 9.47 Å². The molecule has 0 bridgehead atoms. The van der Waals surface area contributed by atoms with Gasteiger partial charge < -0.3 is 9.47 Å². The van der Waals surface area contributed by atoms with Crippen LogP contribution in [0.2, 0.25) is 0 Å². The summed E-state index contributed by atoms with van der Waals surface area (Å²) in [5.41, 5.74) is 0.976.